The summed E-state index contributed by atoms with van der Waals surface area (Å²) in [5.74, 6) is 4.13. The van der Waals surface area contributed by atoms with Crippen LogP contribution in [0.4, 0.5) is 0 Å². The van der Waals surface area contributed by atoms with Crippen molar-refractivity contribution in [1.82, 2.24) is 0 Å². The molecule has 0 radical (unpaired) electrons. The van der Waals surface area contributed by atoms with Crippen LogP contribution in [0.15, 0.2) is 0 Å². The van der Waals surface area contributed by atoms with Gasteiger partial charge >= 0.3 is 0 Å². The molecule has 4 atom stereocenters. The summed E-state index contributed by atoms with van der Waals surface area (Å²) in [6, 6.07) is 0. The standard InChI is InChI=1S/C26H56N6.6ClH/c1-3-27-11-5-7-13-29-19-23-17-25(23)21-31-15-9-10-16-32-22-26-18-24(26)20-30-14-8-6-12-28-4-2;;;;;;/h23-32H,3-22H2,1-2H3;6*1H/t23-,24+,25-,26+;;;;;;. The van der Waals surface area contributed by atoms with Crippen LogP contribution in [0.3, 0.4) is 0 Å². The Labute approximate surface area is 272 Å². The number of nitrogens with two attached hydrogens (primary N) is 6. The Balaban J connectivity index is -0.000000605. The van der Waals surface area contributed by atoms with Crippen LogP contribution < -0.4 is 106 Å². The first kappa shape index (κ1) is 49.2. The number of hydrogen-bond donors (Lipinski definition) is 6. The lowest BCUT2D eigenvalue weighted by Crippen LogP contribution is -3.00. The predicted octanol–water partition coefficient (Wildman–Crippen LogP) is -22.0. The van der Waals surface area contributed by atoms with Crippen molar-refractivity contribution in [2.24, 2.45) is 23.7 Å². The fourth-order valence-corrected chi connectivity index (χ4v) is 5.24. The van der Waals surface area contributed by atoms with Gasteiger partial charge in [-0.15, -0.1) is 0 Å². The Hall–Kier alpha value is 1.50. The van der Waals surface area contributed by atoms with Crippen LogP contribution in [-0.4, -0.2) is 78.5 Å². The summed E-state index contributed by atoms with van der Waals surface area (Å²) < 4.78 is 0. The van der Waals surface area contributed by atoms with Crippen LogP contribution in [0.5, 0.6) is 0 Å². The third-order valence-corrected chi connectivity index (χ3v) is 7.79. The highest BCUT2D eigenvalue weighted by Gasteiger charge is 2.40. The average molecular weight is 672 g/mol. The summed E-state index contributed by atoms with van der Waals surface area (Å²) >= 11 is 0. The van der Waals surface area contributed by atoms with E-state index in [1.807, 2.05) is 0 Å². The molecule has 2 rings (SSSR count). The highest BCUT2D eigenvalue weighted by Crippen LogP contribution is 2.35. The molecule has 0 unspecified atom stereocenters. The van der Waals surface area contributed by atoms with Crippen molar-refractivity contribution in [3.05, 3.63) is 0 Å². The molecule has 38 heavy (non-hydrogen) atoms. The first-order chi connectivity index (χ1) is 15.8. The van der Waals surface area contributed by atoms with Gasteiger partial charge in [-0.1, -0.05) is 0 Å². The highest BCUT2D eigenvalue weighted by molar-refractivity contribution is 4.84. The minimum atomic E-state index is 0. The Morgan fingerprint density at radius 2 is 0.579 bits per heavy atom. The summed E-state index contributed by atoms with van der Waals surface area (Å²) in [5.41, 5.74) is 0. The van der Waals surface area contributed by atoms with Crippen molar-refractivity contribution in [3.63, 3.8) is 0 Å². The van der Waals surface area contributed by atoms with Gasteiger partial charge < -0.3 is 106 Å². The second-order valence-corrected chi connectivity index (χ2v) is 10.9. The molecular formula is C26H62Cl6N6. The zero-order valence-electron chi connectivity index (χ0n) is 24.2. The lowest BCUT2D eigenvalue weighted by molar-refractivity contribution is -0.673. The molecule has 2 saturated carbocycles. The highest BCUT2D eigenvalue weighted by atomic mass is 35.5. The van der Waals surface area contributed by atoms with E-state index in [1.54, 1.807) is 0 Å². The first-order valence-electron chi connectivity index (χ1n) is 14.7. The van der Waals surface area contributed by atoms with E-state index in [0.717, 1.165) is 23.7 Å². The van der Waals surface area contributed by atoms with Crippen LogP contribution in [0, 0.1) is 23.7 Å². The molecule has 2 aliphatic rings. The molecule has 0 aliphatic heterocycles. The smallest absolute Gasteiger partial charge is 0.0789 e. The van der Waals surface area contributed by atoms with Gasteiger partial charge in [0.1, 0.15) is 0 Å². The monoisotopic (exact) mass is 668 g/mol. The van der Waals surface area contributed by atoms with Crippen LogP contribution in [0.25, 0.3) is 0 Å². The van der Waals surface area contributed by atoms with E-state index in [0.29, 0.717) is 0 Å². The second kappa shape index (κ2) is 34.7. The normalized spacial score (nSPS) is 20.4. The summed E-state index contributed by atoms with van der Waals surface area (Å²) in [6.45, 7) is 20.6. The molecule has 0 aromatic heterocycles. The van der Waals surface area contributed by atoms with Crippen LogP contribution in [0.1, 0.15) is 65.2 Å². The van der Waals surface area contributed by atoms with E-state index in [-0.39, 0.29) is 74.4 Å². The average Bonchev–Trinajstić information content (AvgIpc) is 3.72. The van der Waals surface area contributed by atoms with E-state index in [2.05, 4.69) is 45.7 Å². The van der Waals surface area contributed by atoms with Gasteiger partial charge in [-0.05, 0) is 26.7 Å². The van der Waals surface area contributed by atoms with E-state index in [9.17, 15) is 0 Å². The molecule has 0 amide bonds. The van der Waals surface area contributed by atoms with E-state index >= 15 is 0 Å². The molecule has 12 heteroatoms. The van der Waals surface area contributed by atoms with Crippen LogP contribution in [0.2, 0.25) is 0 Å². The van der Waals surface area contributed by atoms with E-state index in [1.165, 1.54) is 130 Å². The molecule has 238 valence electrons. The zero-order chi connectivity index (χ0) is 22.7. The number of hydrogen-bond acceptors (Lipinski definition) is 0. The van der Waals surface area contributed by atoms with Crippen molar-refractivity contribution in [2.75, 3.05) is 78.5 Å². The molecule has 0 saturated heterocycles. The molecule has 12 N–H and O–H groups in total. The Morgan fingerprint density at radius 1 is 0.368 bits per heavy atom. The van der Waals surface area contributed by atoms with E-state index in [4.69, 9.17) is 0 Å². The van der Waals surface area contributed by atoms with E-state index < -0.39 is 0 Å². The first-order valence-corrected chi connectivity index (χ1v) is 14.7. The fourth-order valence-electron chi connectivity index (χ4n) is 5.24. The molecule has 0 heterocycles. The number of halogens is 6. The summed E-state index contributed by atoms with van der Waals surface area (Å²) in [6.07, 6.45) is 11.4. The molecule has 0 aromatic rings. The Bertz CT molecular complexity index is 407. The molecule has 0 spiro atoms. The minimum Gasteiger partial charge on any atom is -1.00 e. The summed E-state index contributed by atoms with van der Waals surface area (Å²) in [7, 11) is 0. The second-order valence-electron chi connectivity index (χ2n) is 10.9. The third-order valence-electron chi connectivity index (χ3n) is 7.79. The van der Waals surface area contributed by atoms with Gasteiger partial charge in [0.25, 0.3) is 0 Å². The maximum absolute atomic E-state index is 2.61. The fraction of sp³-hybridized carbons (Fsp3) is 1.00. The maximum Gasteiger partial charge on any atom is 0.0789 e. The summed E-state index contributed by atoms with van der Waals surface area (Å²) in [5, 5.41) is 15.2. The van der Waals surface area contributed by atoms with Crippen molar-refractivity contribution in [1.29, 1.82) is 0 Å². The van der Waals surface area contributed by atoms with Gasteiger partial charge in [-0.25, -0.2) is 0 Å². The molecule has 0 aromatic carbocycles. The topological polar surface area (TPSA) is 99.7 Å². The lowest BCUT2D eigenvalue weighted by atomic mass is 10.2. The summed E-state index contributed by atoms with van der Waals surface area (Å²) in [4.78, 5) is 0. The van der Waals surface area contributed by atoms with Gasteiger partial charge in [-0.2, -0.15) is 0 Å². The predicted molar refractivity (Wildman–Crippen MR) is 132 cm³/mol. The molecule has 0 bridgehead atoms. The van der Waals surface area contributed by atoms with Crippen molar-refractivity contribution >= 4 is 0 Å². The third kappa shape index (κ3) is 27.7. The molecule has 2 fully saturated rings. The van der Waals surface area contributed by atoms with Crippen LogP contribution >= 0.6 is 0 Å². The number of quaternary nitrogens is 6. The SMILES string of the molecule is CC[NH2+]CCCC[NH2+]C[C@@H]1C[C@H]1C[NH2+]CCCC[NH2+]C[C@H]1C[C@@H]1C[NH2+]CCCC[NH2+]CC.[Cl-].[Cl-].[Cl-].[Cl-].[Cl-].[Cl-]. The van der Waals surface area contributed by atoms with Crippen molar-refractivity contribution in [2.45, 2.75) is 65.2 Å². The minimum absolute atomic E-state index is 0. The quantitative estimate of drug-likeness (QED) is 0.0521. The largest absolute Gasteiger partial charge is 1.00 e. The Kier molecular flexibility index (Phi) is 44.9. The van der Waals surface area contributed by atoms with Crippen LogP contribution in [-0.2, 0) is 0 Å². The Morgan fingerprint density at radius 3 is 0.789 bits per heavy atom. The number of rotatable bonds is 25. The zero-order valence-corrected chi connectivity index (χ0v) is 28.7. The van der Waals surface area contributed by atoms with Crippen molar-refractivity contribution in [3.8, 4) is 0 Å². The van der Waals surface area contributed by atoms with Gasteiger partial charge in [0, 0.05) is 62.2 Å². The van der Waals surface area contributed by atoms with Gasteiger partial charge in [0.15, 0.2) is 0 Å². The van der Waals surface area contributed by atoms with Gasteiger partial charge in [-0.3, -0.25) is 0 Å². The molecule has 6 nitrogen and oxygen atoms in total. The lowest BCUT2D eigenvalue weighted by Gasteiger charge is -2.04. The maximum atomic E-state index is 2.61. The molecular weight excluding hydrogens is 609 g/mol. The van der Waals surface area contributed by atoms with Gasteiger partial charge in [0.2, 0.25) is 0 Å². The number of unbranched alkanes of at least 4 members (excludes halogenated alkanes) is 3. The van der Waals surface area contributed by atoms with Crippen molar-refractivity contribution < 1.29 is 106 Å². The molecule has 2 aliphatic carbocycles. The van der Waals surface area contributed by atoms with Gasteiger partial charge in [0.05, 0.1) is 78.5 Å².